The van der Waals surface area contributed by atoms with Crippen LogP contribution in [-0.4, -0.2) is 45.5 Å². The van der Waals surface area contributed by atoms with Gasteiger partial charge in [-0.25, -0.2) is 0 Å². The number of carbonyl (C=O) groups excluding carboxylic acids is 3. The number of aromatic nitrogens is 2. The van der Waals surface area contributed by atoms with Crippen LogP contribution >= 0.6 is 0 Å². The molecule has 1 aliphatic heterocycles. The lowest BCUT2D eigenvalue weighted by Gasteiger charge is -2.32. The van der Waals surface area contributed by atoms with Crippen molar-refractivity contribution in [3.05, 3.63) is 48.2 Å². The van der Waals surface area contributed by atoms with E-state index in [1.165, 1.54) is 0 Å². The van der Waals surface area contributed by atoms with Gasteiger partial charge in [-0.1, -0.05) is 18.2 Å². The Labute approximate surface area is 157 Å². The Balaban J connectivity index is 1.57. The molecule has 142 valence electrons. The van der Waals surface area contributed by atoms with Gasteiger partial charge < -0.3 is 16.0 Å². The van der Waals surface area contributed by atoms with E-state index in [0.717, 1.165) is 12.8 Å². The molecule has 2 aromatic rings. The number of primary amides is 1. The highest BCUT2D eigenvalue weighted by molar-refractivity contribution is 5.96. The second kappa shape index (κ2) is 8.48. The molecule has 3 N–H and O–H groups in total. The maximum atomic E-state index is 12.6. The summed E-state index contributed by atoms with van der Waals surface area (Å²) in [6.45, 7) is 1.41. The third-order valence-electron chi connectivity index (χ3n) is 4.58. The Bertz CT molecular complexity index is 818. The number of hydrogen-bond acceptors (Lipinski definition) is 4. The first-order valence-electron chi connectivity index (χ1n) is 9.00. The van der Waals surface area contributed by atoms with Gasteiger partial charge in [0, 0.05) is 43.9 Å². The summed E-state index contributed by atoms with van der Waals surface area (Å²) in [5.41, 5.74) is 5.75. The van der Waals surface area contributed by atoms with Gasteiger partial charge in [0.05, 0.1) is 5.92 Å². The molecule has 0 spiro atoms. The molecule has 2 heterocycles. The number of rotatable bonds is 6. The van der Waals surface area contributed by atoms with Gasteiger partial charge >= 0.3 is 0 Å². The van der Waals surface area contributed by atoms with Gasteiger partial charge in [0.25, 0.3) is 5.91 Å². The number of hydrogen-bond donors (Lipinski definition) is 2. The SMILES string of the molecule is NC(=O)CCn1ccc(NC(=O)C2CCCN(C(=O)c3ccccc3)C2)n1. The van der Waals surface area contributed by atoms with Crippen LogP contribution in [0.5, 0.6) is 0 Å². The highest BCUT2D eigenvalue weighted by atomic mass is 16.2. The second-order valence-corrected chi connectivity index (χ2v) is 6.63. The molecule has 1 aliphatic rings. The fourth-order valence-electron chi connectivity index (χ4n) is 3.14. The number of amides is 3. The van der Waals surface area contributed by atoms with E-state index in [0.29, 0.717) is 31.0 Å². The lowest BCUT2D eigenvalue weighted by Crippen LogP contribution is -2.43. The van der Waals surface area contributed by atoms with Crippen LogP contribution in [0.25, 0.3) is 0 Å². The predicted molar refractivity (Wildman–Crippen MR) is 99.7 cm³/mol. The minimum atomic E-state index is -0.401. The number of nitrogens with zero attached hydrogens (tertiary/aromatic N) is 3. The van der Waals surface area contributed by atoms with Crippen LogP contribution < -0.4 is 11.1 Å². The van der Waals surface area contributed by atoms with E-state index >= 15 is 0 Å². The van der Waals surface area contributed by atoms with Crippen molar-refractivity contribution >= 4 is 23.5 Å². The minimum absolute atomic E-state index is 0.0520. The van der Waals surface area contributed by atoms with E-state index in [2.05, 4.69) is 10.4 Å². The number of nitrogens with two attached hydrogens (primary N) is 1. The predicted octanol–water partition coefficient (Wildman–Crippen LogP) is 1.25. The number of carbonyl (C=O) groups is 3. The average Bonchev–Trinajstić information content (AvgIpc) is 3.14. The Morgan fingerprint density at radius 1 is 1.19 bits per heavy atom. The zero-order chi connectivity index (χ0) is 19.2. The molecule has 3 rings (SSSR count). The topological polar surface area (TPSA) is 110 Å². The molecular formula is C19H23N5O3. The Kier molecular flexibility index (Phi) is 5.85. The van der Waals surface area contributed by atoms with Gasteiger partial charge in [0.15, 0.2) is 5.82 Å². The van der Waals surface area contributed by atoms with E-state index in [9.17, 15) is 14.4 Å². The molecule has 1 fully saturated rings. The lowest BCUT2D eigenvalue weighted by molar-refractivity contribution is -0.121. The molecule has 0 aliphatic carbocycles. The molecule has 8 nitrogen and oxygen atoms in total. The summed E-state index contributed by atoms with van der Waals surface area (Å²) >= 11 is 0. The van der Waals surface area contributed by atoms with E-state index < -0.39 is 5.91 Å². The number of aryl methyl sites for hydroxylation is 1. The molecule has 1 saturated heterocycles. The molecule has 3 amide bonds. The van der Waals surface area contributed by atoms with Crippen molar-refractivity contribution < 1.29 is 14.4 Å². The average molecular weight is 369 g/mol. The zero-order valence-electron chi connectivity index (χ0n) is 15.0. The third kappa shape index (κ3) is 4.93. The van der Waals surface area contributed by atoms with Crippen LogP contribution in [0.15, 0.2) is 42.6 Å². The monoisotopic (exact) mass is 369 g/mol. The van der Waals surface area contributed by atoms with Crippen LogP contribution in [0, 0.1) is 5.92 Å². The fraction of sp³-hybridized carbons (Fsp3) is 0.368. The van der Waals surface area contributed by atoms with E-state index in [4.69, 9.17) is 5.73 Å². The van der Waals surface area contributed by atoms with Gasteiger partial charge in [-0.05, 0) is 25.0 Å². The number of likely N-dealkylation sites (tertiary alicyclic amines) is 1. The van der Waals surface area contributed by atoms with Crippen molar-refractivity contribution in [3.63, 3.8) is 0 Å². The van der Waals surface area contributed by atoms with E-state index in [1.54, 1.807) is 34.0 Å². The summed E-state index contributed by atoms with van der Waals surface area (Å²) in [6.07, 6.45) is 3.38. The summed E-state index contributed by atoms with van der Waals surface area (Å²) in [5, 5.41) is 7.01. The van der Waals surface area contributed by atoms with E-state index in [1.807, 2.05) is 18.2 Å². The molecule has 1 aromatic carbocycles. The minimum Gasteiger partial charge on any atom is -0.370 e. The van der Waals surface area contributed by atoms with Crippen LogP contribution in [-0.2, 0) is 16.1 Å². The number of piperidine rings is 1. The first-order valence-corrected chi connectivity index (χ1v) is 9.00. The van der Waals surface area contributed by atoms with Crippen molar-refractivity contribution in [1.82, 2.24) is 14.7 Å². The Hall–Kier alpha value is -3.16. The molecule has 1 atom stereocenters. The number of benzene rings is 1. The van der Waals surface area contributed by atoms with Crippen LogP contribution in [0.1, 0.15) is 29.6 Å². The van der Waals surface area contributed by atoms with Crippen molar-refractivity contribution in [2.24, 2.45) is 11.7 Å². The van der Waals surface area contributed by atoms with Crippen LogP contribution in [0.3, 0.4) is 0 Å². The smallest absolute Gasteiger partial charge is 0.253 e. The van der Waals surface area contributed by atoms with Gasteiger partial charge in [0.2, 0.25) is 11.8 Å². The second-order valence-electron chi connectivity index (χ2n) is 6.63. The first-order chi connectivity index (χ1) is 13.0. The fourth-order valence-corrected chi connectivity index (χ4v) is 3.14. The molecule has 0 radical (unpaired) electrons. The summed E-state index contributed by atoms with van der Waals surface area (Å²) in [5.74, 6) is -0.454. The molecule has 1 unspecified atom stereocenters. The molecule has 0 bridgehead atoms. The summed E-state index contributed by atoms with van der Waals surface area (Å²) in [7, 11) is 0. The molecular weight excluding hydrogens is 346 g/mol. The highest BCUT2D eigenvalue weighted by Gasteiger charge is 2.29. The zero-order valence-corrected chi connectivity index (χ0v) is 15.0. The van der Waals surface area contributed by atoms with Gasteiger partial charge in [-0.15, -0.1) is 0 Å². The first kappa shape index (κ1) is 18.6. The van der Waals surface area contributed by atoms with Crippen molar-refractivity contribution in [2.45, 2.75) is 25.8 Å². The Morgan fingerprint density at radius 3 is 2.70 bits per heavy atom. The third-order valence-corrected chi connectivity index (χ3v) is 4.58. The largest absolute Gasteiger partial charge is 0.370 e. The maximum absolute atomic E-state index is 12.6. The number of nitrogens with one attached hydrogen (secondary N) is 1. The maximum Gasteiger partial charge on any atom is 0.253 e. The van der Waals surface area contributed by atoms with Crippen LogP contribution in [0.4, 0.5) is 5.82 Å². The van der Waals surface area contributed by atoms with Crippen molar-refractivity contribution in [3.8, 4) is 0 Å². The quantitative estimate of drug-likeness (QED) is 0.798. The van der Waals surface area contributed by atoms with Crippen molar-refractivity contribution in [2.75, 3.05) is 18.4 Å². The normalized spacial score (nSPS) is 16.7. The highest BCUT2D eigenvalue weighted by Crippen LogP contribution is 2.20. The van der Waals surface area contributed by atoms with Gasteiger partial charge in [-0.3, -0.25) is 19.1 Å². The van der Waals surface area contributed by atoms with Gasteiger partial charge in [-0.2, -0.15) is 5.10 Å². The van der Waals surface area contributed by atoms with E-state index in [-0.39, 0.29) is 24.2 Å². The lowest BCUT2D eigenvalue weighted by atomic mass is 9.96. The molecule has 8 heteroatoms. The summed E-state index contributed by atoms with van der Waals surface area (Å²) in [4.78, 5) is 37.7. The van der Waals surface area contributed by atoms with Gasteiger partial charge in [0.1, 0.15) is 0 Å². The number of anilines is 1. The molecule has 27 heavy (non-hydrogen) atoms. The standard InChI is InChI=1S/C19H23N5O3/c20-16(25)8-11-24-12-9-17(22-24)21-18(26)15-7-4-10-23(13-15)19(27)14-5-2-1-3-6-14/h1-3,5-6,9,12,15H,4,7-8,10-11,13H2,(H2,20,25)(H,21,22,26). The molecule has 0 saturated carbocycles. The van der Waals surface area contributed by atoms with Crippen LogP contribution in [0.2, 0.25) is 0 Å². The Morgan fingerprint density at radius 2 is 1.96 bits per heavy atom. The van der Waals surface area contributed by atoms with Crippen molar-refractivity contribution in [1.29, 1.82) is 0 Å². The summed E-state index contributed by atoms with van der Waals surface area (Å²) < 4.78 is 1.56. The summed E-state index contributed by atoms with van der Waals surface area (Å²) in [6, 6.07) is 10.8. The molecule has 1 aromatic heterocycles.